The lowest BCUT2D eigenvalue weighted by Gasteiger charge is -2.34. The van der Waals surface area contributed by atoms with Crippen LogP contribution in [0.1, 0.15) is 23.6 Å². The average Bonchev–Trinajstić information content (AvgIpc) is 3.67. The number of pyridine rings is 1. The number of amidine groups is 1. The van der Waals surface area contributed by atoms with Crippen LogP contribution in [0.15, 0.2) is 84.5 Å². The van der Waals surface area contributed by atoms with Gasteiger partial charge in [0, 0.05) is 29.9 Å². The number of H-pyrrole nitrogens is 1. The van der Waals surface area contributed by atoms with Crippen molar-refractivity contribution in [1.82, 2.24) is 40.5 Å². The molecule has 12 heteroatoms. The number of hydrogen-bond acceptors (Lipinski definition) is 7. The fourth-order valence-electron chi connectivity index (χ4n) is 5.02. The van der Waals surface area contributed by atoms with Gasteiger partial charge in [-0.15, -0.1) is 0 Å². The standard InChI is InChI=1S/C31H29F2N9O/c1-18-16-41(27-9-8-23(32)11-25(18)27)24-10-20(12-35-13-24)17-42-28(15-36-30(29(42)33)38-31(43)19(2)34-3)22-6-4-21(5-7-22)26-14-37-40-39-26/h4-16,19,29,34H,17H2,1-3H3,(H,36,38,43)(H,37,39,40)/t19?,29-/m1/s1. The van der Waals surface area contributed by atoms with Gasteiger partial charge in [-0.1, -0.05) is 24.3 Å². The summed E-state index contributed by atoms with van der Waals surface area (Å²) in [6, 6.07) is 13.5. The van der Waals surface area contributed by atoms with Crippen LogP contribution in [0.5, 0.6) is 0 Å². The van der Waals surface area contributed by atoms with Gasteiger partial charge in [-0.05, 0) is 61.9 Å². The Morgan fingerprint density at radius 3 is 2.63 bits per heavy atom. The maximum Gasteiger partial charge on any atom is 0.242 e. The van der Waals surface area contributed by atoms with E-state index < -0.39 is 18.2 Å². The highest BCUT2D eigenvalue weighted by atomic mass is 19.1. The van der Waals surface area contributed by atoms with Crippen molar-refractivity contribution in [2.75, 3.05) is 7.05 Å². The molecule has 0 bridgehead atoms. The molecule has 0 spiro atoms. The van der Waals surface area contributed by atoms with E-state index in [2.05, 4.69) is 36.0 Å². The molecule has 1 aliphatic rings. The van der Waals surface area contributed by atoms with Gasteiger partial charge in [-0.3, -0.25) is 9.78 Å². The zero-order valence-electron chi connectivity index (χ0n) is 23.7. The van der Waals surface area contributed by atoms with Gasteiger partial charge in [0.05, 0.1) is 41.5 Å². The number of fused-ring (bicyclic) bond motifs is 1. The first kappa shape index (κ1) is 27.9. The van der Waals surface area contributed by atoms with E-state index in [1.807, 2.05) is 48.0 Å². The van der Waals surface area contributed by atoms with Gasteiger partial charge in [-0.2, -0.15) is 15.4 Å². The summed E-state index contributed by atoms with van der Waals surface area (Å²) in [4.78, 5) is 22.8. The van der Waals surface area contributed by atoms with Crippen LogP contribution < -0.4 is 10.6 Å². The number of aliphatic imine (C=N–C) groups is 1. The quantitative estimate of drug-likeness (QED) is 0.244. The number of halogens is 2. The zero-order valence-corrected chi connectivity index (χ0v) is 23.7. The number of amides is 1. The van der Waals surface area contributed by atoms with Crippen LogP contribution in [-0.2, 0) is 11.3 Å². The van der Waals surface area contributed by atoms with Gasteiger partial charge < -0.3 is 20.1 Å². The van der Waals surface area contributed by atoms with Crippen molar-refractivity contribution in [2.45, 2.75) is 32.7 Å². The van der Waals surface area contributed by atoms with Crippen LogP contribution >= 0.6 is 0 Å². The van der Waals surface area contributed by atoms with E-state index in [0.29, 0.717) is 11.4 Å². The van der Waals surface area contributed by atoms with Crippen molar-refractivity contribution in [1.29, 1.82) is 0 Å². The number of nitrogens with zero attached hydrogens (tertiary/aromatic N) is 6. The molecule has 0 fully saturated rings. The first-order chi connectivity index (χ1) is 20.8. The number of likely N-dealkylation sites (N-methyl/N-ethyl adjacent to an activating group) is 1. The summed E-state index contributed by atoms with van der Waals surface area (Å²) < 4.78 is 32.1. The Bertz CT molecular complexity index is 1850. The summed E-state index contributed by atoms with van der Waals surface area (Å²) in [5.41, 5.74) is 6.03. The number of aryl methyl sites for hydroxylation is 1. The summed E-state index contributed by atoms with van der Waals surface area (Å²) in [5.74, 6) is -0.804. The minimum absolute atomic E-state index is 0.103. The number of hydrogen-bond donors (Lipinski definition) is 3. The number of rotatable bonds is 7. The fraction of sp³-hybridized carbons (Fsp3) is 0.194. The van der Waals surface area contributed by atoms with Crippen molar-refractivity contribution in [3.05, 3.63) is 102 Å². The molecule has 1 unspecified atom stereocenters. The normalized spacial score (nSPS) is 15.7. The minimum atomic E-state index is -1.75. The summed E-state index contributed by atoms with van der Waals surface area (Å²) in [6.45, 7) is 3.73. The molecule has 3 N–H and O–H groups in total. The third kappa shape index (κ3) is 5.52. The Morgan fingerprint density at radius 1 is 1.09 bits per heavy atom. The van der Waals surface area contributed by atoms with Gasteiger partial charge in [0.2, 0.25) is 12.2 Å². The molecule has 218 valence electrons. The Hall–Kier alpha value is -5.23. The molecular formula is C31H29F2N9O. The van der Waals surface area contributed by atoms with E-state index in [-0.39, 0.29) is 18.2 Å². The Kier molecular flexibility index (Phi) is 7.51. The smallest absolute Gasteiger partial charge is 0.242 e. The second kappa shape index (κ2) is 11.6. The van der Waals surface area contributed by atoms with Crippen LogP contribution in [0, 0.1) is 12.7 Å². The number of carbonyl (C=O) groups excluding carboxylic acids is 1. The number of nitrogens with one attached hydrogen (secondary N) is 3. The molecule has 6 rings (SSSR count). The average molecular weight is 582 g/mol. The molecule has 2 aromatic carbocycles. The van der Waals surface area contributed by atoms with E-state index in [9.17, 15) is 9.18 Å². The zero-order chi connectivity index (χ0) is 30.1. The number of carbonyl (C=O) groups is 1. The molecule has 0 aliphatic carbocycles. The van der Waals surface area contributed by atoms with Crippen molar-refractivity contribution in [3.63, 3.8) is 0 Å². The monoisotopic (exact) mass is 581 g/mol. The largest absolute Gasteiger partial charge is 0.329 e. The molecule has 1 aliphatic heterocycles. The molecule has 4 heterocycles. The first-order valence-electron chi connectivity index (χ1n) is 13.7. The highest BCUT2D eigenvalue weighted by Gasteiger charge is 2.31. The second-order valence-corrected chi connectivity index (χ2v) is 10.3. The van der Waals surface area contributed by atoms with Crippen molar-refractivity contribution in [3.8, 4) is 16.9 Å². The lowest BCUT2D eigenvalue weighted by Crippen LogP contribution is -2.50. The van der Waals surface area contributed by atoms with Crippen LogP contribution in [-0.4, -0.2) is 61.0 Å². The van der Waals surface area contributed by atoms with Crippen LogP contribution in [0.25, 0.3) is 33.5 Å². The molecule has 0 saturated heterocycles. The predicted octanol–water partition coefficient (Wildman–Crippen LogP) is 4.49. The van der Waals surface area contributed by atoms with Gasteiger partial charge in [0.25, 0.3) is 0 Å². The summed E-state index contributed by atoms with van der Waals surface area (Å²) in [7, 11) is 1.65. The maximum atomic E-state index is 16.3. The summed E-state index contributed by atoms with van der Waals surface area (Å²) in [6.07, 6.45) is 6.73. The predicted molar refractivity (Wildman–Crippen MR) is 160 cm³/mol. The van der Waals surface area contributed by atoms with Crippen molar-refractivity contribution < 1.29 is 13.6 Å². The fourth-order valence-corrected chi connectivity index (χ4v) is 5.02. The Balaban J connectivity index is 1.35. The van der Waals surface area contributed by atoms with Gasteiger partial charge in [0.1, 0.15) is 11.5 Å². The molecule has 5 aromatic rings. The SMILES string of the molecule is CNC(C)C(=O)NC1=NC=C(c2ccc(-c3cn[nH]n3)cc2)N(Cc2cncc(-n3cc(C)c4cc(F)ccc43)c2)[C@H]1F. The van der Waals surface area contributed by atoms with E-state index in [1.165, 1.54) is 17.0 Å². The highest BCUT2D eigenvalue weighted by Crippen LogP contribution is 2.31. The van der Waals surface area contributed by atoms with E-state index >= 15 is 4.39 Å². The summed E-state index contributed by atoms with van der Waals surface area (Å²) in [5, 5.41) is 16.8. The van der Waals surface area contributed by atoms with Crippen LogP contribution in [0.4, 0.5) is 8.78 Å². The third-order valence-electron chi connectivity index (χ3n) is 7.48. The van der Waals surface area contributed by atoms with E-state index in [1.54, 1.807) is 44.8 Å². The topological polar surface area (TPSA) is 116 Å². The van der Waals surface area contributed by atoms with Crippen molar-refractivity contribution >= 4 is 28.3 Å². The molecule has 0 saturated carbocycles. The van der Waals surface area contributed by atoms with Gasteiger partial charge >= 0.3 is 0 Å². The molecule has 10 nitrogen and oxygen atoms in total. The molecule has 0 radical (unpaired) electrons. The van der Waals surface area contributed by atoms with E-state index in [4.69, 9.17) is 0 Å². The van der Waals surface area contributed by atoms with Gasteiger partial charge in [-0.25, -0.2) is 13.8 Å². The highest BCUT2D eigenvalue weighted by molar-refractivity contribution is 6.03. The van der Waals surface area contributed by atoms with Gasteiger partial charge in [0.15, 0.2) is 5.84 Å². The Morgan fingerprint density at radius 2 is 1.88 bits per heavy atom. The number of aromatic amines is 1. The molecular weight excluding hydrogens is 552 g/mol. The Labute approximate surface area is 246 Å². The molecule has 1 amide bonds. The second-order valence-electron chi connectivity index (χ2n) is 10.3. The molecule has 2 atom stereocenters. The first-order valence-corrected chi connectivity index (χ1v) is 13.7. The maximum absolute atomic E-state index is 16.3. The summed E-state index contributed by atoms with van der Waals surface area (Å²) >= 11 is 0. The third-order valence-corrected chi connectivity index (χ3v) is 7.48. The lowest BCUT2D eigenvalue weighted by atomic mass is 10.1. The number of aromatic nitrogens is 5. The van der Waals surface area contributed by atoms with Crippen molar-refractivity contribution in [2.24, 2.45) is 4.99 Å². The number of alkyl halides is 1. The van der Waals surface area contributed by atoms with Crippen LogP contribution in [0.2, 0.25) is 0 Å². The lowest BCUT2D eigenvalue weighted by molar-refractivity contribution is -0.121. The molecule has 3 aromatic heterocycles. The molecule has 43 heavy (non-hydrogen) atoms. The van der Waals surface area contributed by atoms with Crippen LogP contribution in [0.3, 0.4) is 0 Å². The minimum Gasteiger partial charge on any atom is -0.329 e. The number of benzene rings is 2. The van der Waals surface area contributed by atoms with E-state index in [0.717, 1.165) is 38.8 Å².